The van der Waals surface area contributed by atoms with Crippen LogP contribution in [-0.2, 0) is 0 Å². The van der Waals surface area contributed by atoms with Gasteiger partial charge in [0, 0.05) is 0 Å². The minimum atomic E-state index is 0. The van der Waals surface area contributed by atoms with E-state index in [9.17, 15) is 0 Å². The maximum absolute atomic E-state index is 2.00. The van der Waals surface area contributed by atoms with Crippen molar-refractivity contribution in [1.29, 1.82) is 0 Å². The largest absolute Gasteiger partial charge is 3.00 e. The Labute approximate surface area is 74.4 Å². The summed E-state index contributed by atoms with van der Waals surface area (Å²) in [4.78, 5) is 4.00. The van der Waals surface area contributed by atoms with Gasteiger partial charge in [0.05, 0.1) is 0 Å². The van der Waals surface area contributed by atoms with Crippen LogP contribution in [0.5, 0.6) is 0 Å². The maximum Gasteiger partial charge on any atom is 3.00 e. The molecule has 0 fully saturated rings. The molecule has 2 nitrogen and oxygen atoms in total. The van der Waals surface area contributed by atoms with Gasteiger partial charge in [-0.2, -0.15) is 0 Å². The summed E-state index contributed by atoms with van der Waals surface area (Å²) >= 11 is 0. The molecule has 0 rings (SSSR count). The third kappa shape index (κ3) is 1720. The molecule has 0 bridgehead atoms. The molecule has 0 aliphatic heterocycles. The van der Waals surface area contributed by atoms with Gasteiger partial charge in [0.1, 0.15) is 0 Å². The van der Waals surface area contributed by atoms with Gasteiger partial charge in [-0.1, -0.05) is 0 Å². The smallest absolute Gasteiger partial charge is 1.00 e. The monoisotopic (exact) mass is 148 g/mol. The van der Waals surface area contributed by atoms with E-state index in [1.165, 1.54) is 0 Å². The van der Waals surface area contributed by atoms with Crippen LogP contribution in [0.15, 0.2) is 0 Å². The molecule has 0 N–H and O–H groups in total. The second-order valence-electron chi connectivity index (χ2n) is 2.68. The van der Waals surface area contributed by atoms with Gasteiger partial charge in [-0.15, -0.1) is 0 Å². The van der Waals surface area contributed by atoms with E-state index in [2.05, 4.69) is 0 Å². The Bertz CT molecular complexity index is 36.3. The SMILES string of the molecule is CN(C)C.CN(C)C.[Al+3].[H-].[H-].[H-]. The summed E-state index contributed by atoms with van der Waals surface area (Å²) in [7, 11) is 12.0. The van der Waals surface area contributed by atoms with Crippen molar-refractivity contribution in [2.75, 3.05) is 42.3 Å². The second-order valence-corrected chi connectivity index (χ2v) is 2.68. The van der Waals surface area contributed by atoms with Crippen LogP contribution in [0.3, 0.4) is 0 Å². The first-order valence-corrected chi connectivity index (χ1v) is 2.68. The van der Waals surface area contributed by atoms with E-state index in [4.69, 9.17) is 0 Å². The summed E-state index contributed by atoms with van der Waals surface area (Å²) in [5, 5.41) is 0. The molecule has 58 valence electrons. The van der Waals surface area contributed by atoms with Crippen LogP contribution in [0.2, 0.25) is 0 Å². The van der Waals surface area contributed by atoms with Gasteiger partial charge in [0.25, 0.3) is 0 Å². The molecule has 0 aliphatic carbocycles. The summed E-state index contributed by atoms with van der Waals surface area (Å²) in [5.41, 5.74) is 0. The van der Waals surface area contributed by atoms with Gasteiger partial charge in [-0.05, 0) is 42.3 Å². The first-order chi connectivity index (χ1) is 3.46. The molecule has 3 heteroatoms. The summed E-state index contributed by atoms with van der Waals surface area (Å²) in [6.07, 6.45) is 0. The zero-order chi connectivity index (χ0) is 7.15. The molecule has 0 aliphatic rings. The average Bonchev–Trinajstić information content (AvgIpc) is 1.25. The van der Waals surface area contributed by atoms with Gasteiger partial charge in [-0.3, -0.25) is 0 Å². The third-order valence-electron chi connectivity index (χ3n) is 0. The summed E-state index contributed by atoms with van der Waals surface area (Å²) in [5.74, 6) is 0. The van der Waals surface area contributed by atoms with Crippen LogP contribution in [-0.4, -0.2) is 69.4 Å². The Morgan fingerprint density at radius 1 is 0.667 bits per heavy atom. The van der Waals surface area contributed by atoms with Crippen LogP contribution in [0, 0.1) is 0 Å². The van der Waals surface area contributed by atoms with E-state index in [0.717, 1.165) is 0 Å². The fourth-order valence-corrected chi connectivity index (χ4v) is 0. The predicted octanol–water partition coefficient (Wildman–Crippen LogP) is 0.312. The van der Waals surface area contributed by atoms with E-state index in [0.29, 0.717) is 0 Å². The second kappa shape index (κ2) is 11.3. The van der Waals surface area contributed by atoms with Crippen LogP contribution >= 0.6 is 0 Å². The molecular formula is C6H21AlN2. The van der Waals surface area contributed by atoms with Gasteiger partial charge >= 0.3 is 17.4 Å². The van der Waals surface area contributed by atoms with Crippen molar-refractivity contribution in [3.8, 4) is 0 Å². The van der Waals surface area contributed by atoms with E-state index in [-0.39, 0.29) is 21.6 Å². The van der Waals surface area contributed by atoms with Crippen molar-refractivity contribution in [2.24, 2.45) is 0 Å². The molecule has 0 heterocycles. The van der Waals surface area contributed by atoms with Crippen molar-refractivity contribution < 1.29 is 4.28 Å². The fourth-order valence-electron chi connectivity index (χ4n) is 0. The van der Waals surface area contributed by atoms with Gasteiger partial charge < -0.3 is 14.1 Å². The summed E-state index contributed by atoms with van der Waals surface area (Å²) in [6.45, 7) is 0. The van der Waals surface area contributed by atoms with E-state index in [1.807, 2.05) is 52.1 Å². The molecule has 0 aromatic heterocycles. The molecular weight excluding hydrogens is 127 g/mol. The van der Waals surface area contributed by atoms with Gasteiger partial charge in [0.2, 0.25) is 0 Å². The minimum absolute atomic E-state index is 0. The van der Waals surface area contributed by atoms with Crippen molar-refractivity contribution in [2.45, 2.75) is 0 Å². The number of hydrogen-bond donors (Lipinski definition) is 0. The molecule has 0 spiro atoms. The Kier molecular flexibility index (Phi) is 20.3. The fraction of sp³-hybridized carbons (Fsp3) is 1.00. The molecule has 9 heavy (non-hydrogen) atoms. The summed E-state index contributed by atoms with van der Waals surface area (Å²) in [6, 6.07) is 0. The number of rotatable bonds is 0. The Morgan fingerprint density at radius 3 is 0.667 bits per heavy atom. The molecule has 0 saturated carbocycles. The molecule has 0 aromatic carbocycles. The zero-order valence-corrected chi connectivity index (χ0v) is 8.63. The van der Waals surface area contributed by atoms with Crippen LogP contribution in [0.1, 0.15) is 4.28 Å². The Hall–Kier alpha value is 0.452. The number of hydrogen-bond acceptors (Lipinski definition) is 2. The quantitative estimate of drug-likeness (QED) is 0.456. The molecule has 0 amide bonds. The van der Waals surface area contributed by atoms with Crippen LogP contribution in [0.4, 0.5) is 0 Å². The number of nitrogens with zero attached hydrogens (tertiary/aromatic N) is 2. The topological polar surface area (TPSA) is 6.48 Å². The first-order valence-electron chi connectivity index (χ1n) is 2.68. The van der Waals surface area contributed by atoms with Crippen molar-refractivity contribution in [3.05, 3.63) is 0 Å². The van der Waals surface area contributed by atoms with Crippen LogP contribution in [0.25, 0.3) is 0 Å². The van der Waals surface area contributed by atoms with E-state index in [1.54, 1.807) is 0 Å². The van der Waals surface area contributed by atoms with E-state index < -0.39 is 0 Å². The van der Waals surface area contributed by atoms with Gasteiger partial charge in [-0.25, -0.2) is 0 Å². The third-order valence-corrected chi connectivity index (χ3v) is 0. The average molecular weight is 148 g/mol. The Morgan fingerprint density at radius 2 is 0.667 bits per heavy atom. The molecule has 0 radical (unpaired) electrons. The van der Waals surface area contributed by atoms with Crippen molar-refractivity contribution in [3.63, 3.8) is 0 Å². The molecule has 0 atom stereocenters. The maximum atomic E-state index is 2.00. The van der Waals surface area contributed by atoms with Crippen LogP contribution < -0.4 is 0 Å². The standard InChI is InChI=1S/2C3H9N.Al.3H/c2*1-4(2)3;;;;/h2*1-3H3;;;;/q;;+3;3*-1. The zero-order valence-electron chi connectivity index (χ0n) is 10.5. The summed E-state index contributed by atoms with van der Waals surface area (Å²) < 4.78 is 0. The molecule has 0 unspecified atom stereocenters. The van der Waals surface area contributed by atoms with Crippen molar-refractivity contribution in [1.82, 2.24) is 9.80 Å². The van der Waals surface area contributed by atoms with E-state index >= 15 is 0 Å². The van der Waals surface area contributed by atoms with Crippen molar-refractivity contribution >= 4 is 17.4 Å². The molecule has 0 aromatic rings. The first kappa shape index (κ1) is 16.2. The normalized spacial score (nSPS) is 8.00. The van der Waals surface area contributed by atoms with Gasteiger partial charge in [0.15, 0.2) is 0 Å². The predicted molar refractivity (Wildman–Crippen MR) is 48.3 cm³/mol. The Balaban J connectivity index is -0.0000000112. The minimum Gasteiger partial charge on any atom is -1.00 e. The molecule has 0 saturated heterocycles.